The number of allylic oxidation sites excluding steroid dienone is 4. The number of rotatable bonds is 6. The first-order chi connectivity index (χ1) is 6.07. The van der Waals surface area contributed by atoms with Gasteiger partial charge in [-0.25, -0.2) is 0 Å². The zero-order chi connectivity index (χ0) is 10.3. The molecule has 13 heavy (non-hydrogen) atoms. The molecule has 0 heterocycles. The first kappa shape index (κ1) is 12.2. The summed E-state index contributed by atoms with van der Waals surface area (Å²) >= 11 is 0. The van der Waals surface area contributed by atoms with Gasteiger partial charge in [0, 0.05) is 0 Å². The van der Waals surface area contributed by atoms with Crippen molar-refractivity contribution in [3.8, 4) is 0 Å². The van der Waals surface area contributed by atoms with Crippen LogP contribution in [0.5, 0.6) is 0 Å². The second-order valence-corrected chi connectivity index (χ2v) is 3.66. The lowest BCUT2D eigenvalue weighted by Crippen LogP contribution is -2.15. The second kappa shape index (κ2) is 6.67. The van der Waals surface area contributed by atoms with Gasteiger partial charge in [0.2, 0.25) is 0 Å². The standard InChI is InChI=1S/C12H21N/c1-6-7-8-11(2)12(3)9-10-13(4)5/h6-8,12H,1-2,9-10H2,3-5H3/b8-7-. The molecule has 0 aliphatic heterocycles. The van der Waals surface area contributed by atoms with E-state index in [-0.39, 0.29) is 0 Å². The Kier molecular flexibility index (Phi) is 6.25. The summed E-state index contributed by atoms with van der Waals surface area (Å²) in [6.07, 6.45) is 6.92. The quantitative estimate of drug-likeness (QED) is 0.567. The van der Waals surface area contributed by atoms with E-state index in [0.29, 0.717) is 5.92 Å². The SMILES string of the molecule is C=C/C=C\C(=C)C(C)CCN(C)C. The number of nitrogens with zero attached hydrogens (tertiary/aromatic N) is 1. The van der Waals surface area contributed by atoms with Crippen LogP contribution in [0.2, 0.25) is 0 Å². The molecule has 1 atom stereocenters. The average Bonchev–Trinajstić information content (AvgIpc) is 2.10. The molecule has 0 rings (SSSR count). The summed E-state index contributed by atoms with van der Waals surface area (Å²) in [5, 5.41) is 0. The molecule has 0 spiro atoms. The maximum atomic E-state index is 4.02. The molecule has 1 nitrogen and oxygen atoms in total. The Bertz CT molecular complexity index is 189. The van der Waals surface area contributed by atoms with E-state index in [2.05, 4.69) is 39.1 Å². The lowest BCUT2D eigenvalue weighted by Gasteiger charge is -2.15. The van der Waals surface area contributed by atoms with Crippen molar-refractivity contribution in [1.29, 1.82) is 0 Å². The summed E-state index contributed by atoms with van der Waals surface area (Å²) in [5.41, 5.74) is 1.18. The van der Waals surface area contributed by atoms with Gasteiger partial charge in [0.25, 0.3) is 0 Å². The molecule has 0 saturated carbocycles. The molecule has 0 aromatic rings. The van der Waals surface area contributed by atoms with E-state index in [1.165, 1.54) is 5.57 Å². The Morgan fingerprint density at radius 1 is 1.46 bits per heavy atom. The summed E-state index contributed by atoms with van der Waals surface area (Å²) in [4.78, 5) is 2.20. The molecule has 1 unspecified atom stereocenters. The van der Waals surface area contributed by atoms with E-state index in [1.807, 2.05) is 12.2 Å². The van der Waals surface area contributed by atoms with Crippen LogP contribution in [-0.4, -0.2) is 25.5 Å². The molecule has 0 saturated heterocycles. The molecule has 0 aliphatic rings. The van der Waals surface area contributed by atoms with Crippen molar-refractivity contribution in [2.75, 3.05) is 20.6 Å². The molecule has 0 aromatic heterocycles. The Balaban J connectivity index is 3.82. The maximum absolute atomic E-state index is 4.02. The van der Waals surface area contributed by atoms with Crippen molar-refractivity contribution >= 4 is 0 Å². The van der Waals surface area contributed by atoms with Gasteiger partial charge in [0.05, 0.1) is 0 Å². The first-order valence-corrected chi connectivity index (χ1v) is 4.70. The number of hydrogen-bond acceptors (Lipinski definition) is 1. The number of hydrogen-bond donors (Lipinski definition) is 0. The smallest absolute Gasteiger partial charge is 0.00191 e. The normalized spacial score (nSPS) is 13.5. The van der Waals surface area contributed by atoms with Crippen LogP contribution in [0.4, 0.5) is 0 Å². The predicted molar refractivity (Wildman–Crippen MR) is 60.8 cm³/mol. The van der Waals surface area contributed by atoms with Crippen LogP contribution in [0.1, 0.15) is 13.3 Å². The van der Waals surface area contributed by atoms with E-state index >= 15 is 0 Å². The van der Waals surface area contributed by atoms with E-state index in [1.54, 1.807) is 6.08 Å². The minimum Gasteiger partial charge on any atom is -0.309 e. The molecule has 0 radical (unpaired) electrons. The summed E-state index contributed by atoms with van der Waals surface area (Å²) in [7, 11) is 4.18. The minimum atomic E-state index is 0.554. The van der Waals surface area contributed by atoms with Crippen molar-refractivity contribution in [3.05, 3.63) is 37.0 Å². The van der Waals surface area contributed by atoms with Gasteiger partial charge >= 0.3 is 0 Å². The molecule has 0 N–H and O–H groups in total. The van der Waals surface area contributed by atoms with Gasteiger partial charge in [0.1, 0.15) is 0 Å². The van der Waals surface area contributed by atoms with Crippen molar-refractivity contribution in [2.24, 2.45) is 5.92 Å². The van der Waals surface area contributed by atoms with Gasteiger partial charge in [0.15, 0.2) is 0 Å². The predicted octanol–water partition coefficient (Wildman–Crippen LogP) is 2.87. The fraction of sp³-hybridized carbons (Fsp3) is 0.500. The Morgan fingerprint density at radius 2 is 2.08 bits per heavy atom. The molecule has 0 bridgehead atoms. The van der Waals surface area contributed by atoms with Gasteiger partial charge in [-0.15, -0.1) is 0 Å². The lowest BCUT2D eigenvalue weighted by atomic mass is 9.98. The zero-order valence-electron chi connectivity index (χ0n) is 9.09. The Morgan fingerprint density at radius 3 is 2.54 bits per heavy atom. The maximum Gasteiger partial charge on any atom is -0.00191 e. The highest BCUT2D eigenvalue weighted by atomic mass is 15.0. The van der Waals surface area contributed by atoms with Crippen LogP contribution in [0.25, 0.3) is 0 Å². The molecule has 0 aliphatic carbocycles. The third-order valence-electron chi connectivity index (χ3n) is 2.09. The van der Waals surface area contributed by atoms with E-state index in [9.17, 15) is 0 Å². The van der Waals surface area contributed by atoms with Crippen LogP contribution in [0, 0.1) is 5.92 Å². The van der Waals surface area contributed by atoms with E-state index in [0.717, 1.165) is 13.0 Å². The summed E-state index contributed by atoms with van der Waals surface area (Å²) < 4.78 is 0. The monoisotopic (exact) mass is 179 g/mol. The fourth-order valence-corrected chi connectivity index (χ4v) is 0.993. The van der Waals surface area contributed by atoms with E-state index in [4.69, 9.17) is 0 Å². The van der Waals surface area contributed by atoms with Crippen molar-refractivity contribution in [1.82, 2.24) is 4.90 Å². The topological polar surface area (TPSA) is 3.24 Å². The van der Waals surface area contributed by atoms with Gasteiger partial charge in [-0.05, 0) is 33.0 Å². The van der Waals surface area contributed by atoms with Crippen LogP contribution < -0.4 is 0 Å². The molecule has 0 amide bonds. The third-order valence-corrected chi connectivity index (χ3v) is 2.09. The van der Waals surface area contributed by atoms with E-state index < -0.39 is 0 Å². The fourth-order valence-electron chi connectivity index (χ4n) is 0.993. The highest BCUT2D eigenvalue weighted by Crippen LogP contribution is 2.13. The zero-order valence-corrected chi connectivity index (χ0v) is 9.09. The Hall–Kier alpha value is -0.820. The minimum absolute atomic E-state index is 0.554. The summed E-state index contributed by atoms with van der Waals surface area (Å²) in [5.74, 6) is 0.554. The molecule has 1 heteroatoms. The highest BCUT2D eigenvalue weighted by Gasteiger charge is 2.03. The van der Waals surface area contributed by atoms with Crippen LogP contribution in [-0.2, 0) is 0 Å². The van der Waals surface area contributed by atoms with Crippen LogP contribution in [0.15, 0.2) is 37.0 Å². The molecule has 0 aromatic carbocycles. The lowest BCUT2D eigenvalue weighted by molar-refractivity contribution is 0.377. The molecule has 74 valence electrons. The molecule has 0 fully saturated rings. The van der Waals surface area contributed by atoms with Crippen molar-refractivity contribution < 1.29 is 0 Å². The largest absolute Gasteiger partial charge is 0.309 e. The summed E-state index contributed by atoms with van der Waals surface area (Å²) in [6.45, 7) is 11.0. The van der Waals surface area contributed by atoms with Crippen molar-refractivity contribution in [2.45, 2.75) is 13.3 Å². The summed E-state index contributed by atoms with van der Waals surface area (Å²) in [6, 6.07) is 0. The second-order valence-electron chi connectivity index (χ2n) is 3.66. The average molecular weight is 179 g/mol. The first-order valence-electron chi connectivity index (χ1n) is 4.70. The Labute approximate surface area is 82.4 Å². The van der Waals surface area contributed by atoms with Gasteiger partial charge in [-0.2, -0.15) is 0 Å². The van der Waals surface area contributed by atoms with Crippen LogP contribution in [0.3, 0.4) is 0 Å². The van der Waals surface area contributed by atoms with Crippen molar-refractivity contribution in [3.63, 3.8) is 0 Å². The highest BCUT2D eigenvalue weighted by molar-refractivity contribution is 5.20. The van der Waals surface area contributed by atoms with Gasteiger partial charge < -0.3 is 4.90 Å². The molecular formula is C12H21N. The van der Waals surface area contributed by atoms with Crippen LogP contribution >= 0.6 is 0 Å². The van der Waals surface area contributed by atoms with Gasteiger partial charge in [-0.3, -0.25) is 0 Å². The third kappa shape index (κ3) is 6.35. The molecular weight excluding hydrogens is 158 g/mol. The van der Waals surface area contributed by atoms with Gasteiger partial charge in [-0.1, -0.05) is 43.9 Å².